The fraction of sp³-hybridized carbons (Fsp3) is 0.290. The topological polar surface area (TPSA) is 92.8 Å². The summed E-state index contributed by atoms with van der Waals surface area (Å²) in [4.78, 5) is 53.0. The third-order valence-electron chi connectivity index (χ3n) is 8.41. The molecule has 39 heavy (non-hydrogen) atoms. The number of ether oxygens (including phenoxy) is 1. The van der Waals surface area contributed by atoms with Crippen molar-refractivity contribution in [2.24, 2.45) is 23.7 Å². The number of amides is 3. The summed E-state index contributed by atoms with van der Waals surface area (Å²) < 4.78 is 5.16. The molecule has 5 atom stereocenters. The number of carbonyl (C=O) groups excluding carboxylic acids is 4. The zero-order chi connectivity index (χ0) is 27.3. The van der Waals surface area contributed by atoms with Crippen LogP contribution in [-0.2, 0) is 19.1 Å². The smallest absolute Gasteiger partial charge is 0.338 e. The van der Waals surface area contributed by atoms with E-state index in [0.717, 1.165) is 18.4 Å². The number of aryl methyl sites for hydroxylation is 1. The van der Waals surface area contributed by atoms with Crippen LogP contribution in [-0.4, -0.2) is 30.3 Å². The van der Waals surface area contributed by atoms with Crippen molar-refractivity contribution in [1.82, 2.24) is 0 Å². The molecular formula is C31H27ClN2O5. The molecule has 1 heterocycles. The number of anilines is 2. The maximum atomic E-state index is 13.5. The van der Waals surface area contributed by atoms with Crippen molar-refractivity contribution in [1.29, 1.82) is 0 Å². The Bertz CT molecular complexity index is 1470. The Hall–Kier alpha value is -3.97. The van der Waals surface area contributed by atoms with Crippen molar-refractivity contribution in [3.63, 3.8) is 0 Å². The molecule has 0 aromatic heterocycles. The Balaban J connectivity index is 1.10. The predicted octanol–water partition coefficient (Wildman–Crippen LogP) is 5.37. The van der Waals surface area contributed by atoms with Gasteiger partial charge in [-0.25, -0.2) is 4.79 Å². The Labute approximate surface area is 231 Å². The van der Waals surface area contributed by atoms with Crippen molar-refractivity contribution < 1.29 is 23.9 Å². The molecule has 198 valence electrons. The minimum atomic E-state index is -0.681. The zero-order valence-corrected chi connectivity index (χ0v) is 22.1. The van der Waals surface area contributed by atoms with Gasteiger partial charge in [0.1, 0.15) is 0 Å². The number of halogens is 1. The van der Waals surface area contributed by atoms with Gasteiger partial charge in [0.25, 0.3) is 5.91 Å². The van der Waals surface area contributed by atoms with Crippen LogP contribution in [0.3, 0.4) is 0 Å². The average molecular weight is 543 g/mol. The molecule has 6 rings (SSSR count). The second-order valence-corrected chi connectivity index (χ2v) is 11.0. The number of fused-ring (bicyclic) bond motifs is 5. The van der Waals surface area contributed by atoms with Crippen LogP contribution in [0.1, 0.15) is 40.2 Å². The summed E-state index contributed by atoms with van der Waals surface area (Å²) in [7, 11) is 0. The van der Waals surface area contributed by atoms with Crippen LogP contribution in [0, 0.1) is 30.6 Å². The van der Waals surface area contributed by atoms with Gasteiger partial charge in [-0.15, -0.1) is 0 Å². The molecule has 0 radical (unpaired) electrons. The molecule has 1 aliphatic heterocycles. The number of hydrogen-bond donors (Lipinski definition) is 1. The molecule has 3 aliphatic rings. The SMILES string of the molecule is Cc1ccc(Cl)cc1NC(=O)COC(=O)c1ccc(N2C(=O)[C@@H]3[C@@H]4C[C@@H]([C@H]3C2=O)[C@@H](c2ccccc2)C4)cc1. The molecule has 3 fully saturated rings. The van der Waals surface area contributed by atoms with Crippen LogP contribution in [0.4, 0.5) is 11.4 Å². The summed E-state index contributed by atoms with van der Waals surface area (Å²) in [5.74, 6) is -1.36. The zero-order valence-electron chi connectivity index (χ0n) is 21.3. The summed E-state index contributed by atoms with van der Waals surface area (Å²) in [5, 5.41) is 3.16. The summed E-state index contributed by atoms with van der Waals surface area (Å²) >= 11 is 5.98. The van der Waals surface area contributed by atoms with Gasteiger partial charge in [0.15, 0.2) is 6.61 Å². The van der Waals surface area contributed by atoms with Crippen molar-refractivity contribution in [2.45, 2.75) is 25.7 Å². The molecule has 3 aromatic rings. The van der Waals surface area contributed by atoms with E-state index in [1.807, 2.05) is 25.1 Å². The highest BCUT2D eigenvalue weighted by Crippen LogP contribution is 2.61. The minimum Gasteiger partial charge on any atom is -0.452 e. The fourth-order valence-corrected chi connectivity index (χ4v) is 6.85. The second kappa shape index (κ2) is 9.97. The van der Waals surface area contributed by atoms with Crippen LogP contribution in [0.2, 0.25) is 5.02 Å². The molecule has 3 aromatic carbocycles. The molecule has 1 N–H and O–H groups in total. The third kappa shape index (κ3) is 4.51. The average Bonchev–Trinajstić information content (AvgIpc) is 3.61. The summed E-state index contributed by atoms with van der Waals surface area (Å²) in [6.45, 7) is 1.36. The molecule has 0 unspecified atom stereocenters. The lowest BCUT2D eigenvalue weighted by Crippen LogP contribution is -2.33. The predicted molar refractivity (Wildman–Crippen MR) is 146 cm³/mol. The number of nitrogens with one attached hydrogen (secondary N) is 1. The third-order valence-corrected chi connectivity index (χ3v) is 8.65. The monoisotopic (exact) mass is 542 g/mol. The number of nitrogens with zero attached hydrogens (tertiary/aromatic N) is 1. The van der Waals surface area contributed by atoms with Crippen LogP contribution >= 0.6 is 11.6 Å². The highest BCUT2D eigenvalue weighted by atomic mass is 35.5. The molecule has 2 aliphatic carbocycles. The van der Waals surface area contributed by atoms with E-state index in [0.29, 0.717) is 22.3 Å². The van der Waals surface area contributed by atoms with E-state index in [1.54, 1.807) is 30.3 Å². The molecule has 8 heteroatoms. The normalized spacial score (nSPS) is 25.1. The van der Waals surface area contributed by atoms with Crippen LogP contribution in [0.25, 0.3) is 0 Å². The summed E-state index contributed by atoms with van der Waals surface area (Å²) in [5.41, 5.74) is 3.27. The Morgan fingerprint density at radius 2 is 1.67 bits per heavy atom. The number of imide groups is 1. The lowest BCUT2D eigenvalue weighted by atomic mass is 9.73. The van der Waals surface area contributed by atoms with Crippen molar-refractivity contribution in [3.05, 3.63) is 94.5 Å². The van der Waals surface area contributed by atoms with Gasteiger partial charge in [0.05, 0.1) is 23.1 Å². The first-order valence-electron chi connectivity index (χ1n) is 13.1. The van der Waals surface area contributed by atoms with E-state index in [9.17, 15) is 19.2 Å². The standard InChI is InChI=1S/C31H27ClN2O5/c1-17-7-10-21(32)15-25(17)33-26(35)16-39-31(38)19-8-11-22(12-9-19)34-29(36)27-20-13-23(18-5-3-2-4-6-18)24(14-20)28(27)30(34)37/h2-12,15,20,23-24,27-28H,13-14,16H2,1H3,(H,33,35)/t20-,23+,24+,27+,28+/m0/s1. The quantitative estimate of drug-likeness (QED) is 0.334. The maximum Gasteiger partial charge on any atom is 0.338 e. The van der Waals surface area contributed by atoms with E-state index in [-0.39, 0.29) is 41.0 Å². The van der Waals surface area contributed by atoms with Gasteiger partial charge >= 0.3 is 5.97 Å². The molecule has 0 spiro atoms. The van der Waals surface area contributed by atoms with Gasteiger partial charge in [-0.05, 0) is 85.0 Å². The number of hydrogen-bond acceptors (Lipinski definition) is 5. The van der Waals surface area contributed by atoms with Gasteiger partial charge in [-0.2, -0.15) is 0 Å². The van der Waals surface area contributed by atoms with Crippen LogP contribution in [0.5, 0.6) is 0 Å². The first kappa shape index (κ1) is 25.3. The molecular weight excluding hydrogens is 516 g/mol. The van der Waals surface area contributed by atoms with Crippen LogP contribution in [0.15, 0.2) is 72.8 Å². The van der Waals surface area contributed by atoms with Gasteiger partial charge < -0.3 is 10.1 Å². The lowest BCUT2D eigenvalue weighted by molar-refractivity contribution is -0.123. The number of benzene rings is 3. The van der Waals surface area contributed by atoms with Gasteiger partial charge in [0.2, 0.25) is 11.8 Å². The van der Waals surface area contributed by atoms with E-state index >= 15 is 0 Å². The second-order valence-electron chi connectivity index (χ2n) is 10.6. The number of carbonyl (C=O) groups is 4. The summed E-state index contributed by atoms with van der Waals surface area (Å²) in [6.07, 6.45) is 1.84. The lowest BCUT2D eigenvalue weighted by Gasteiger charge is -2.28. The Morgan fingerprint density at radius 3 is 2.41 bits per heavy atom. The van der Waals surface area contributed by atoms with E-state index in [2.05, 4.69) is 17.4 Å². The van der Waals surface area contributed by atoms with Crippen molar-refractivity contribution in [3.8, 4) is 0 Å². The van der Waals surface area contributed by atoms with Crippen molar-refractivity contribution >= 4 is 46.7 Å². The molecule has 3 amide bonds. The first-order valence-corrected chi connectivity index (χ1v) is 13.5. The first-order chi connectivity index (χ1) is 18.8. The molecule has 2 saturated carbocycles. The minimum absolute atomic E-state index is 0.146. The Morgan fingerprint density at radius 1 is 0.949 bits per heavy atom. The highest BCUT2D eigenvalue weighted by Gasteiger charge is 2.64. The van der Waals surface area contributed by atoms with Gasteiger partial charge in [-0.1, -0.05) is 48.0 Å². The number of rotatable bonds is 6. The molecule has 1 saturated heterocycles. The fourth-order valence-electron chi connectivity index (χ4n) is 6.67. The Kier molecular flexibility index (Phi) is 6.47. The van der Waals surface area contributed by atoms with Gasteiger partial charge in [0, 0.05) is 10.7 Å². The summed E-state index contributed by atoms with van der Waals surface area (Å²) in [6, 6.07) is 21.5. The highest BCUT2D eigenvalue weighted by molar-refractivity contribution is 6.31. The van der Waals surface area contributed by atoms with Crippen LogP contribution < -0.4 is 10.2 Å². The number of esters is 1. The molecule has 7 nitrogen and oxygen atoms in total. The van der Waals surface area contributed by atoms with Gasteiger partial charge in [-0.3, -0.25) is 19.3 Å². The van der Waals surface area contributed by atoms with Crippen molar-refractivity contribution in [2.75, 3.05) is 16.8 Å². The van der Waals surface area contributed by atoms with E-state index in [4.69, 9.17) is 16.3 Å². The van der Waals surface area contributed by atoms with E-state index < -0.39 is 18.5 Å². The maximum absolute atomic E-state index is 13.5. The molecule has 2 bridgehead atoms. The van der Waals surface area contributed by atoms with E-state index in [1.165, 1.54) is 22.6 Å². The largest absolute Gasteiger partial charge is 0.452 e.